The van der Waals surface area contributed by atoms with E-state index >= 15 is 0 Å². The van der Waals surface area contributed by atoms with Gasteiger partial charge in [0.05, 0.1) is 12.4 Å². The maximum Gasteiger partial charge on any atom is 0.275 e. The van der Waals surface area contributed by atoms with Crippen molar-refractivity contribution in [2.24, 2.45) is 5.84 Å². The van der Waals surface area contributed by atoms with E-state index in [0.717, 1.165) is 5.56 Å². The minimum absolute atomic E-state index is 0.159. The van der Waals surface area contributed by atoms with E-state index in [9.17, 15) is 4.79 Å². The third-order valence-corrected chi connectivity index (χ3v) is 2.85. The van der Waals surface area contributed by atoms with Crippen LogP contribution in [0.5, 0.6) is 0 Å². The summed E-state index contributed by atoms with van der Waals surface area (Å²) in [5.74, 6) is 5.14. The number of aromatic nitrogens is 2. The molecule has 6 nitrogen and oxygen atoms in total. The molecule has 7 heteroatoms. The summed E-state index contributed by atoms with van der Waals surface area (Å²) in [7, 11) is 0. The Labute approximate surface area is 115 Å². The van der Waals surface area contributed by atoms with Gasteiger partial charge in [-0.05, 0) is 24.6 Å². The molecule has 0 saturated heterocycles. The van der Waals surface area contributed by atoms with Crippen LogP contribution in [0.15, 0.2) is 30.6 Å². The molecular formula is C12H12ClN5O. The Balaban J connectivity index is 2.18. The molecule has 0 aliphatic rings. The van der Waals surface area contributed by atoms with Crippen LogP contribution in [0.3, 0.4) is 0 Å². The van der Waals surface area contributed by atoms with E-state index in [-0.39, 0.29) is 11.6 Å². The fraction of sp³-hybridized carbons (Fsp3) is 0.0833. The lowest BCUT2D eigenvalue weighted by Crippen LogP contribution is -2.16. The highest BCUT2D eigenvalue weighted by Gasteiger charge is 2.09. The summed E-state index contributed by atoms with van der Waals surface area (Å²) < 4.78 is 0. The zero-order chi connectivity index (χ0) is 13.8. The van der Waals surface area contributed by atoms with Gasteiger partial charge in [-0.25, -0.2) is 10.8 Å². The van der Waals surface area contributed by atoms with Crippen LogP contribution >= 0.6 is 11.6 Å². The first-order valence-electron chi connectivity index (χ1n) is 5.46. The third kappa shape index (κ3) is 3.18. The molecular weight excluding hydrogens is 266 g/mol. The first-order valence-corrected chi connectivity index (χ1v) is 5.84. The molecule has 1 heterocycles. The number of rotatable bonds is 3. The zero-order valence-corrected chi connectivity index (χ0v) is 10.9. The van der Waals surface area contributed by atoms with Crippen LogP contribution in [0.25, 0.3) is 0 Å². The second kappa shape index (κ2) is 5.64. The Kier molecular flexibility index (Phi) is 3.94. The van der Waals surface area contributed by atoms with Gasteiger partial charge in [-0.15, -0.1) is 0 Å². The van der Waals surface area contributed by atoms with Crippen molar-refractivity contribution in [3.05, 3.63) is 46.9 Å². The summed E-state index contributed by atoms with van der Waals surface area (Å²) in [5, 5.41) is 3.27. The van der Waals surface area contributed by atoms with Crippen LogP contribution in [-0.2, 0) is 0 Å². The molecule has 1 aromatic carbocycles. The largest absolute Gasteiger partial charge is 0.321 e. The normalized spacial score (nSPS) is 10.1. The fourth-order valence-electron chi connectivity index (χ4n) is 1.41. The van der Waals surface area contributed by atoms with Gasteiger partial charge in [0.25, 0.3) is 5.91 Å². The van der Waals surface area contributed by atoms with Crippen LogP contribution in [0, 0.1) is 6.92 Å². The smallest absolute Gasteiger partial charge is 0.275 e. The number of nitrogens with zero attached hydrogens (tertiary/aromatic N) is 2. The van der Waals surface area contributed by atoms with Gasteiger partial charge < -0.3 is 10.7 Å². The molecule has 98 valence electrons. The maximum atomic E-state index is 12.0. The molecule has 0 saturated carbocycles. The third-order valence-electron chi connectivity index (χ3n) is 2.44. The number of hydrogen-bond acceptors (Lipinski definition) is 5. The summed E-state index contributed by atoms with van der Waals surface area (Å²) >= 11 is 5.99. The van der Waals surface area contributed by atoms with Crippen molar-refractivity contribution < 1.29 is 4.79 Å². The summed E-state index contributed by atoms with van der Waals surface area (Å²) in [6.45, 7) is 1.88. The molecule has 2 rings (SSSR count). The van der Waals surface area contributed by atoms with Crippen LogP contribution in [0.2, 0.25) is 5.02 Å². The first kappa shape index (κ1) is 13.3. The molecule has 0 spiro atoms. The van der Waals surface area contributed by atoms with Crippen molar-refractivity contribution in [2.45, 2.75) is 6.92 Å². The number of benzene rings is 1. The Bertz CT molecular complexity index is 617. The standard InChI is InChI=1S/C12H12ClN5O/c1-7-2-3-8(4-9(7)13)16-12(19)10-5-15-6-11(17-10)18-14/h2-6H,14H2,1H3,(H,16,19)(H,17,18). The molecule has 0 aliphatic heterocycles. The van der Waals surface area contributed by atoms with Crippen molar-refractivity contribution in [1.29, 1.82) is 0 Å². The van der Waals surface area contributed by atoms with Gasteiger partial charge in [-0.3, -0.25) is 9.78 Å². The quantitative estimate of drug-likeness (QED) is 0.589. The number of hydrazine groups is 1. The first-order chi connectivity index (χ1) is 9.10. The summed E-state index contributed by atoms with van der Waals surface area (Å²) in [4.78, 5) is 19.8. The molecule has 19 heavy (non-hydrogen) atoms. The van der Waals surface area contributed by atoms with E-state index in [1.165, 1.54) is 12.4 Å². The van der Waals surface area contributed by atoms with Crippen molar-refractivity contribution in [3.63, 3.8) is 0 Å². The molecule has 0 aliphatic carbocycles. The highest BCUT2D eigenvalue weighted by Crippen LogP contribution is 2.20. The number of anilines is 2. The lowest BCUT2D eigenvalue weighted by atomic mass is 10.2. The van der Waals surface area contributed by atoms with E-state index in [1.807, 2.05) is 13.0 Å². The zero-order valence-electron chi connectivity index (χ0n) is 10.1. The molecule has 0 atom stereocenters. The summed E-state index contributed by atoms with van der Waals surface area (Å²) in [5.41, 5.74) is 4.02. The molecule has 1 aromatic heterocycles. The van der Waals surface area contributed by atoms with Crippen molar-refractivity contribution in [3.8, 4) is 0 Å². The number of amides is 1. The number of nitrogen functional groups attached to an aromatic ring is 1. The molecule has 0 fully saturated rings. The highest BCUT2D eigenvalue weighted by molar-refractivity contribution is 6.31. The van der Waals surface area contributed by atoms with Crippen LogP contribution in [0.1, 0.15) is 16.1 Å². The van der Waals surface area contributed by atoms with Gasteiger partial charge >= 0.3 is 0 Å². The second-order valence-electron chi connectivity index (χ2n) is 3.85. The topological polar surface area (TPSA) is 92.9 Å². The number of hydrogen-bond donors (Lipinski definition) is 3. The molecule has 2 aromatic rings. The van der Waals surface area contributed by atoms with E-state index in [2.05, 4.69) is 20.7 Å². The maximum absolute atomic E-state index is 12.0. The van der Waals surface area contributed by atoms with E-state index in [4.69, 9.17) is 17.4 Å². The van der Waals surface area contributed by atoms with Crippen LogP contribution in [0.4, 0.5) is 11.5 Å². The minimum Gasteiger partial charge on any atom is -0.321 e. The fourth-order valence-corrected chi connectivity index (χ4v) is 1.59. The van der Waals surface area contributed by atoms with Gasteiger partial charge in [-0.2, -0.15) is 0 Å². The molecule has 0 unspecified atom stereocenters. The Morgan fingerprint density at radius 3 is 2.84 bits per heavy atom. The Hall–Kier alpha value is -2.18. The van der Waals surface area contributed by atoms with Gasteiger partial charge in [0.2, 0.25) is 0 Å². The van der Waals surface area contributed by atoms with E-state index in [1.54, 1.807) is 12.1 Å². The Morgan fingerprint density at radius 1 is 1.37 bits per heavy atom. The molecule has 4 N–H and O–H groups in total. The average Bonchev–Trinajstić information content (AvgIpc) is 2.43. The Morgan fingerprint density at radius 2 is 2.16 bits per heavy atom. The monoisotopic (exact) mass is 277 g/mol. The predicted molar refractivity (Wildman–Crippen MR) is 74.0 cm³/mol. The number of aryl methyl sites for hydroxylation is 1. The van der Waals surface area contributed by atoms with E-state index in [0.29, 0.717) is 16.5 Å². The lowest BCUT2D eigenvalue weighted by molar-refractivity contribution is 0.102. The summed E-state index contributed by atoms with van der Waals surface area (Å²) in [6.07, 6.45) is 2.77. The number of carbonyl (C=O) groups excluding carboxylic acids is 1. The van der Waals surface area contributed by atoms with Crippen LogP contribution < -0.4 is 16.6 Å². The second-order valence-corrected chi connectivity index (χ2v) is 4.26. The molecule has 1 amide bonds. The van der Waals surface area contributed by atoms with Gasteiger partial charge in [0.1, 0.15) is 5.69 Å². The lowest BCUT2D eigenvalue weighted by Gasteiger charge is -2.07. The summed E-state index contributed by atoms with van der Waals surface area (Å²) in [6, 6.07) is 5.26. The van der Waals surface area contributed by atoms with E-state index < -0.39 is 0 Å². The van der Waals surface area contributed by atoms with Crippen LogP contribution in [-0.4, -0.2) is 15.9 Å². The van der Waals surface area contributed by atoms with Gasteiger partial charge in [0, 0.05) is 10.7 Å². The SMILES string of the molecule is Cc1ccc(NC(=O)c2cncc(NN)n2)cc1Cl. The van der Waals surface area contributed by atoms with Crippen molar-refractivity contribution >= 4 is 29.0 Å². The van der Waals surface area contributed by atoms with Crippen molar-refractivity contribution in [1.82, 2.24) is 9.97 Å². The molecule has 0 radical (unpaired) electrons. The molecule has 0 bridgehead atoms. The number of halogens is 1. The number of carbonyl (C=O) groups is 1. The van der Waals surface area contributed by atoms with Gasteiger partial charge in [-0.1, -0.05) is 17.7 Å². The average molecular weight is 278 g/mol. The number of nitrogens with two attached hydrogens (primary N) is 1. The minimum atomic E-state index is -0.385. The van der Waals surface area contributed by atoms with Gasteiger partial charge in [0.15, 0.2) is 5.82 Å². The highest BCUT2D eigenvalue weighted by atomic mass is 35.5. The number of nitrogens with one attached hydrogen (secondary N) is 2. The van der Waals surface area contributed by atoms with Crippen molar-refractivity contribution in [2.75, 3.05) is 10.7 Å². The predicted octanol–water partition coefficient (Wildman–Crippen LogP) is 1.98.